The fourth-order valence-corrected chi connectivity index (χ4v) is 5.32. The molecule has 4 nitrogen and oxygen atoms in total. The van der Waals surface area contributed by atoms with Gasteiger partial charge in [-0.25, -0.2) is 0 Å². The molecule has 0 saturated carbocycles. The Balaban J connectivity index is 1.61. The van der Waals surface area contributed by atoms with Crippen molar-refractivity contribution in [2.45, 2.75) is 13.5 Å². The molecule has 4 rings (SSSR count). The van der Waals surface area contributed by atoms with Gasteiger partial charge in [0.1, 0.15) is 6.61 Å². The summed E-state index contributed by atoms with van der Waals surface area (Å²) in [5.74, 6) is 1.02. The van der Waals surface area contributed by atoms with Crippen LogP contribution < -0.4 is 14.4 Å². The number of thioether (sulfide) groups is 1. The molecule has 0 aliphatic carbocycles. The first-order valence-corrected chi connectivity index (χ1v) is 12.5. The van der Waals surface area contributed by atoms with Gasteiger partial charge in [0.25, 0.3) is 5.91 Å². The van der Waals surface area contributed by atoms with E-state index in [0.717, 1.165) is 15.6 Å². The topological polar surface area (TPSA) is 38.8 Å². The number of halogens is 2. The highest BCUT2D eigenvalue weighted by molar-refractivity contribution is 9.10. The second kappa shape index (κ2) is 10.7. The average Bonchev–Trinajstić information content (AvgIpc) is 3.07. The Kier molecular flexibility index (Phi) is 7.75. The molecule has 1 aliphatic rings. The van der Waals surface area contributed by atoms with E-state index in [1.165, 1.54) is 16.7 Å². The van der Waals surface area contributed by atoms with Crippen LogP contribution in [0.1, 0.15) is 18.1 Å². The number of nitrogens with zero attached hydrogens (tertiary/aromatic N) is 1. The van der Waals surface area contributed by atoms with Crippen molar-refractivity contribution in [2.24, 2.45) is 0 Å². The van der Waals surface area contributed by atoms with Gasteiger partial charge < -0.3 is 9.47 Å². The van der Waals surface area contributed by atoms with E-state index in [0.29, 0.717) is 44.6 Å². The molecule has 1 heterocycles. The minimum absolute atomic E-state index is 0.189. The van der Waals surface area contributed by atoms with E-state index in [2.05, 4.69) is 15.9 Å². The van der Waals surface area contributed by atoms with Gasteiger partial charge in [0.15, 0.2) is 15.8 Å². The molecule has 3 aromatic rings. The van der Waals surface area contributed by atoms with Crippen LogP contribution in [0, 0.1) is 0 Å². The van der Waals surface area contributed by atoms with Crippen molar-refractivity contribution in [3.8, 4) is 11.5 Å². The van der Waals surface area contributed by atoms with E-state index < -0.39 is 0 Å². The molecule has 1 amide bonds. The van der Waals surface area contributed by atoms with Crippen molar-refractivity contribution in [3.05, 3.63) is 92.3 Å². The molecular weight excluding hydrogens is 542 g/mol. The number of anilines is 1. The fourth-order valence-electron chi connectivity index (χ4n) is 3.26. The summed E-state index contributed by atoms with van der Waals surface area (Å²) in [4.78, 5) is 15.1. The van der Waals surface area contributed by atoms with Crippen LogP contribution in [0.3, 0.4) is 0 Å². The Morgan fingerprint density at radius 1 is 1.09 bits per heavy atom. The highest BCUT2D eigenvalue weighted by atomic mass is 79.9. The second-order valence-corrected chi connectivity index (χ2v) is 10.0. The van der Waals surface area contributed by atoms with Crippen molar-refractivity contribution in [2.75, 3.05) is 11.5 Å². The third kappa shape index (κ3) is 5.61. The molecule has 33 heavy (non-hydrogen) atoms. The van der Waals surface area contributed by atoms with Crippen LogP contribution in [0.2, 0.25) is 5.02 Å². The van der Waals surface area contributed by atoms with Crippen molar-refractivity contribution in [1.82, 2.24) is 0 Å². The predicted molar refractivity (Wildman–Crippen MR) is 143 cm³/mol. The summed E-state index contributed by atoms with van der Waals surface area (Å²) in [6.07, 6.45) is 1.80. The summed E-state index contributed by atoms with van der Waals surface area (Å²) in [6.45, 7) is 2.81. The highest BCUT2D eigenvalue weighted by Crippen LogP contribution is 2.40. The van der Waals surface area contributed by atoms with Crippen LogP contribution in [0.4, 0.5) is 5.69 Å². The lowest BCUT2D eigenvalue weighted by molar-refractivity contribution is -0.113. The zero-order valence-electron chi connectivity index (χ0n) is 17.6. The van der Waals surface area contributed by atoms with E-state index in [1.54, 1.807) is 24.3 Å². The maximum absolute atomic E-state index is 13.1. The van der Waals surface area contributed by atoms with Crippen LogP contribution in [0.15, 0.2) is 76.1 Å². The molecule has 1 aliphatic heterocycles. The zero-order chi connectivity index (χ0) is 23.4. The number of amides is 1. The smallest absolute Gasteiger partial charge is 0.270 e. The molecule has 0 spiro atoms. The zero-order valence-corrected chi connectivity index (χ0v) is 21.6. The molecule has 168 valence electrons. The van der Waals surface area contributed by atoms with Crippen molar-refractivity contribution in [1.29, 1.82) is 0 Å². The number of hydrogen-bond acceptors (Lipinski definition) is 5. The first kappa shape index (κ1) is 23.8. The fraction of sp³-hybridized carbons (Fsp3) is 0.120. The summed E-state index contributed by atoms with van der Waals surface area (Å²) < 4.78 is 13.1. The minimum atomic E-state index is -0.189. The predicted octanol–water partition coefficient (Wildman–Crippen LogP) is 7.49. The first-order chi connectivity index (χ1) is 16.0. The highest BCUT2D eigenvalue weighted by Gasteiger charge is 2.33. The summed E-state index contributed by atoms with van der Waals surface area (Å²) in [6, 6.07) is 20.8. The van der Waals surface area contributed by atoms with Crippen molar-refractivity contribution >= 4 is 73.5 Å². The Morgan fingerprint density at radius 2 is 1.88 bits per heavy atom. The third-order valence-electron chi connectivity index (χ3n) is 4.72. The molecular formula is C25H19BrClNO3S2. The Bertz CT molecular complexity index is 1230. The standard InChI is InChI=1S/C25H19BrClNO3S2/c1-2-30-21-12-17(11-20(26)23(21)31-15-16-7-4-3-5-8-16)13-22-24(29)28(25(32)33-22)19-10-6-9-18(27)14-19/h3-14H,2,15H2,1H3/b22-13-. The van der Waals surface area contributed by atoms with Crippen LogP contribution >= 0.6 is 51.5 Å². The van der Waals surface area contributed by atoms with Gasteiger partial charge in [-0.2, -0.15) is 0 Å². The summed E-state index contributed by atoms with van der Waals surface area (Å²) in [5.41, 5.74) is 2.50. The monoisotopic (exact) mass is 559 g/mol. The molecule has 1 saturated heterocycles. The first-order valence-electron chi connectivity index (χ1n) is 10.1. The normalized spacial score (nSPS) is 14.8. The van der Waals surface area contributed by atoms with E-state index in [9.17, 15) is 4.79 Å². The number of carbonyl (C=O) groups excluding carboxylic acids is 1. The number of ether oxygens (including phenoxy) is 2. The van der Waals surface area contributed by atoms with Crippen molar-refractivity contribution in [3.63, 3.8) is 0 Å². The molecule has 0 radical (unpaired) electrons. The van der Waals surface area contributed by atoms with Crippen molar-refractivity contribution < 1.29 is 14.3 Å². The average molecular weight is 561 g/mol. The maximum atomic E-state index is 13.1. The lowest BCUT2D eigenvalue weighted by Gasteiger charge is -2.15. The number of thiocarbonyl (C=S) groups is 1. The van der Waals surface area contributed by atoms with E-state index >= 15 is 0 Å². The summed E-state index contributed by atoms with van der Waals surface area (Å²) >= 11 is 16.4. The van der Waals surface area contributed by atoms with E-state index in [4.69, 9.17) is 33.3 Å². The second-order valence-electron chi connectivity index (χ2n) is 7.03. The third-order valence-corrected chi connectivity index (χ3v) is 6.84. The molecule has 0 aromatic heterocycles. The van der Waals surface area contributed by atoms with Gasteiger partial charge in [0.05, 0.1) is 21.7 Å². The number of benzene rings is 3. The number of hydrogen-bond donors (Lipinski definition) is 0. The van der Waals surface area contributed by atoms with Crippen LogP contribution in [-0.4, -0.2) is 16.8 Å². The lowest BCUT2D eigenvalue weighted by atomic mass is 10.1. The largest absolute Gasteiger partial charge is 0.490 e. The molecule has 1 fully saturated rings. The molecule has 0 unspecified atom stereocenters. The SMILES string of the molecule is CCOc1cc(/C=C2\SC(=S)N(c3cccc(Cl)c3)C2=O)cc(Br)c1OCc1ccccc1. The van der Waals surface area contributed by atoms with Crippen LogP contribution in [0.25, 0.3) is 6.08 Å². The summed E-state index contributed by atoms with van der Waals surface area (Å²) in [7, 11) is 0. The molecule has 8 heteroatoms. The van der Waals surface area contributed by atoms with Gasteiger partial charge in [-0.1, -0.05) is 72.0 Å². The van der Waals surface area contributed by atoms with Gasteiger partial charge >= 0.3 is 0 Å². The maximum Gasteiger partial charge on any atom is 0.270 e. The number of rotatable bonds is 7. The molecule has 0 atom stereocenters. The lowest BCUT2D eigenvalue weighted by Crippen LogP contribution is -2.27. The Labute approximate surface area is 215 Å². The summed E-state index contributed by atoms with van der Waals surface area (Å²) in [5, 5.41) is 0.543. The van der Waals surface area contributed by atoms with Gasteiger partial charge in [-0.15, -0.1) is 0 Å². The van der Waals surface area contributed by atoms with Gasteiger partial charge in [0, 0.05) is 5.02 Å². The number of carbonyl (C=O) groups is 1. The van der Waals surface area contributed by atoms with E-state index in [-0.39, 0.29) is 5.91 Å². The minimum Gasteiger partial charge on any atom is -0.490 e. The van der Waals surface area contributed by atoms with E-state index in [1.807, 2.05) is 55.5 Å². The molecule has 0 N–H and O–H groups in total. The van der Waals surface area contributed by atoms with Crippen LogP contribution in [-0.2, 0) is 11.4 Å². The molecule has 0 bridgehead atoms. The quantitative estimate of drug-likeness (QED) is 0.221. The van der Waals surface area contributed by atoms with Crippen LogP contribution in [0.5, 0.6) is 11.5 Å². The van der Waals surface area contributed by atoms with Gasteiger partial charge in [0.2, 0.25) is 0 Å². The molecule has 3 aromatic carbocycles. The van der Waals surface area contributed by atoms with Gasteiger partial charge in [-0.05, 0) is 70.4 Å². The van der Waals surface area contributed by atoms with Gasteiger partial charge in [-0.3, -0.25) is 9.69 Å². The Morgan fingerprint density at radius 3 is 2.61 bits per heavy atom. The Hall–Kier alpha value is -2.32.